The van der Waals surface area contributed by atoms with E-state index in [2.05, 4.69) is 29.9 Å². The van der Waals surface area contributed by atoms with Gasteiger partial charge in [-0.3, -0.25) is 4.99 Å². The van der Waals surface area contributed by atoms with Crippen molar-refractivity contribution in [1.29, 1.82) is 0 Å². The lowest BCUT2D eigenvalue weighted by Gasteiger charge is -2.35. The fourth-order valence-electron chi connectivity index (χ4n) is 2.94. The third-order valence-corrected chi connectivity index (χ3v) is 5.55. The molecule has 0 unspecified atom stereocenters. The Balaban J connectivity index is 1.27. The molecule has 8 nitrogen and oxygen atoms in total. The van der Waals surface area contributed by atoms with E-state index in [-0.39, 0.29) is 0 Å². The van der Waals surface area contributed by atoms with Crippen LogP contribution in [-0.2, 0) is 6.42 Å². The summed E-state index contributed by atoms with van der Waals surface area (Å²) < 4.78 is 5.30. The molecule has 1 aliphatic heterocycles. The maximum Gasteiger partial charge on any atom is 0.228 e. The molecule has 1 fully saturated rings. The number of piperazine rings is 1. The first-order chi connectivity index (χ1) is 13.7. The van der Waals surface area contributed by atoms with Crippen molar-refractivity contribution in [2.24, 2.45) is 10.7 Å². The number of rotatable bonds is 5. The number of hydrogen-bond acceptors (Lipinski definition) is 7. The summed E-state index contributed by atoms with van der Waals surface area (Å²) in [6.45, 7) is 3.93. The Morgan fingerprint density at radius 2 is 2.00 bits per heavy atom. The summed E-state index contributed by atoms with van der Waals surface area (Å²) in [6, 6.07) is 7.31. The van der Waals surface area contributed by atoms with Gasteiger partial charge in [-0.15, -0.1) is 11.3 Å². The molecular formula is C18H20ClN7OS. The molecule has 0 spiro atoms. The SMILES string of the molecule is NC(=NCCc1nc(-c2ccc(Cl)cc2)no1)N1CCN(c2nccs2)CC1. The molecule has 1 aromatic carbocycles. The molecule has 2 N–H and O–H groups in total. The van der Waals surface area contributed by atoms with Crippen LogP contribution in [0.4, 0.5) is 5.13 Å². The Hall–Kier alpha value is -2.65. The van der Waals surface area contributed by atoms with Crippen molar-refractivity contribution in [1.82, 2.24) is 20.0 Å². The number of anilines is 1. The highest BCUT2D eigenvalue weighted by atomic mass is 35.5. The zero-order chi connectivity index (χ0) is 19.3. The number of thiazole rings is 1. The Morgan fingerprint density at radius 3 is 2.71 bits per heavy atom. The van der Waals surface area contributed by atoms with Crippen LogP contribution < -0.4 is 10.6 Å². The minimum atomic E-state index is 0.501. The van der Waals surface area contributed by atoms with Gasteiger partial charge in [0, 0.05) is 54.8 Å². The zero-order valence-corrected chi connectivity index (χ0v) is 16.7. The first-order valence-electron chi connectivity index (χ1n) is 8.97. The molecule has 3 heterocycles. The summed E-state index contributed by atoms with van der Waals surface area (Å²) in [6.07, 6.45) is 2.37. The molecule has 4 rings (SSSR count). The molecule has 0 saturated carbocycles. The third kappa shape index (κ3) is 4.42. The lowest BCUT2D eigenvalue weighted by Crippen LogP contribution is -2.51. The van der Waals surface area contributed by atoms with Crippen molar-refractivity contribution >= 4 is 34.0 Å². The lowest BCUT2D eigenvalue weighted by atomic mass is 10.2. The van der Waals surface area contributed by atoms with Crippen molar-refractivity contribution < 1.29 is 4.52 Å². The maximum absolute atomic E-state index is 6.15. The average Bonchev–Trinajstić information content (AvgIpc) is 3.41. The zero-order valence-electron chi connectivity index (χ0n) is 15.2. The maximum atomic E-state index is 6.15. The van der Waals surface area contributed by atoms with Crippen molar-refractivity contribution in [3.63, 3.8) is 0 Å². The summed E-state index contributed by atoms with van der Waals surface area (Å²) in [5.41, 5.74) is 7.01. The fraction of sp³-hybridized carbons (Fsp3) is 0.333. The standard InChI is InChI=1S/C18H20ClN7OS/c19-14-3-1-13(2-4-14)16-23-15(27-24-16)5-6-21-17(20)25-8-10-26(11-9-25)18-22-7-12-28-18/h1-4,7,12H,5-6,8-11H2,(H2,20,21). The second kappa shape index (κ2) is 8.57. The molecule has 0 atom stereocenters. The molecule has 10 heteroatoms. The van der Waals surface area contributed by atoms with Crippen molar-refractivity contribution in [2.75, 3.05) is 37.6 Å². The Morgan fingerprint density at radius 1 is 1.21 bits per heavy atom. The molecule has 0 bridgehead atoms. The summed E-state index contributed by atoms with van der Waals surface area (Å²) >= 11 is 7.56. The number of aliphatic imine (C=N–C) groups is 1. The number of aromatic nitrogens is 3. The minimum absolute atomic E-state index is 0.501. The highest BCUT2D eigenvalue weighted by Gasteiger charge is 2.19. The first-order valence-corrected chi connectivity index (χ1v) is 10.2. The van der Waals surface area contributed by atoms with Crippen LogP contribution in [-0.4, -0.2) is 58.7 Å². The molecular weight excluding hydrogens is 398 g/mol. The van der Waals surface area contributed by atoms with E-state index < -0.39 is 0 Å². The number of nitrogens with zero attached hydrogens (tertiary/aromatic N) is 6. The predicted molar refractivity (Wildman–Crippen MR) is 111 cm³/mol. The van der Waals surface area contributed by atoms with Gasteiger partial charge in [-0.05, 0) is 24.3 Å². The van der Waals surface area contributed by atoms with E-state index in [1.165, 1.54) is 0 Å². The molecule has 0 amide bonds. The first kappa shape index (κ1) is 18.7. The van der Waals surface area contributed by atoms with Crippen LogP contribution in [0, 0.1) is 0 Å². The second-order valence-electron chi connectivity index (χ2n) is 6.30. The van der Waals surface area contributed by atoms with Crippen molar-refractivity contribution in [3.8, 4) is 11.4 Å². The van der Waals surface area contributed by atoms with E-state index in [4.69, 9.17) is 21.9 Å². The number of hydrogen-bond donors (Lipinski definition) is 1. The van der Waals surface area contributed by atoms with Crippen LogP contribution in [0.25, 0.3) is 11.4 Å². The summed E-state index contributed by atoms with van der Waals surface area (Å²) in [4.78, 5) is 17.6. The van der Waals surface area contributed by atoms with Gasteiger partial charge in [0.15, 0.2) is 11.1 Å². The van der Waals surface area contributed by atoms with Gasteiger partial charge < -0.3 is 20.1 Å². The molecule has 0 aliphatic carbocycles. The highest BCUT2D eigenvalue weighted by molar-refractivity contribution is 7.13. The molecule has 28 heavy (non-hydrogen) atoms. The predicted octanol–water partition coefficient (Wildman–Crippen LogP) is 2.53. The van der Waals surface area contributed by atoms with Crippen LogP contribution >= 0.6 is 22.9 Å². The van der Waals surface area contributed by atoms with E-state index in [9.17, 15) is 0 Å². The van der Waals surface area contributed by atoms with E-state index >= 15 is 0 Å². The number of nitrogens with two attached hydrogens (primary N) is 1. The van der Waals surface area contributed by atoms with Crippen LogP contribution in [0.15, 0.2) is 45.4 Å². The fourth-order valence-corrected chi connectivity index (χ4v) is 3.76. The van der Waals surface area contributed by atoms with Crippen LogP contribution in [0.3, 0.4) is 0 Å². The van der Waals surface area contributed by atoms with Crippen LogP contribution in [0.1, 0.15) is 5.89 Å². The monoisotopic (exact) mass is 417 g/mol. The number of benzene rings is 1. The quantitative estimate of drug-likeness (QED) is 0.503. The molecule has 2 aromatic heterocycles. The van der Waals surface area contributed by atoms with Gasteiger partial charge in [0.2, 0.25) is 11.7 Å². The Bertz CT molecular complexity index is 918. The second-order valence-corrected chi connectivity index (χ2v) is 7.61. The van der Waals surface area contributed by atoms with Gasteiger partial charge in [0.25, 0.3) is 0 Å². The van der Waals surface area contributed by atoms with Gasteiger partial charge in [0.1, 0.15) is 0 Å². The molecule has 1 saturated heterocycles. The van der Waals surface area contributed by atoms with Crippen molar-refractivity contribution in [3.05, 3.63) is 46.8 Å². The van der Waals surface area contributed by atoms with Gasteiger partial charge in [-0.1, -0.05) is 16.8 Å². The van der Waals surface area contributed by atoms with Gasteiger partial charge in [-0.2, -0.15) is 4.98 Å². The topological polar surface area (TPSA) is 96.7 Å². The summed E-state index contributed by atoms with van der Waals surface area (Å²) in [5.74, 6) is 1.63. The smallest absolute Gasteiger partial charge is 0.228 e. The highest BCUT2D eigenvalue weighted by Crippen LogP contribution is 2.20. The van der Waals surface area contributed by atoms with Crippen LogP contribution in [0.5, 0.6) is 0 Å². The largest absolute Gasteiger partial charge is 0.370 e. The van der Waals surface area contributed by atoms with Crippen molar-refractivity contribution in [2.45, 2.75) is 6.42 Å². The number of guanidine groups is 1. The summed E-state index contributed by atoms with van der Waals surface area (Å²) in [7, 11) is 0. The summed E-state index contributed by atoms with van der Waals surface area (Å²) in [5, 5.41) is 7.73. The average molecular weight is 418 g/mol. The Kier molecular flexibility index (Phi) is 5.73. The van der Waals surface area contributed by atoms with Gasteiger partial charge >= 0.3 is 0 Å². The molecule has 0 radical (unpaired) electrons. The van der Waals surface area contributed by atoms with E-state index in [1.54, 1.807) is 23.5 Å². The van der Waals surface area contributed by atoms with Gasteiger partial charge in [0.05, 0.1) is 6.54 Å². The Labute approximate surface area is 171 Å². The minimum Gasteiger partial charge on any atom is -0.370 e. The lowest BCUT2D eigenvalue weighted by molar-refractivity contribution is 0.374. The third-order valence-electron chi connectivity index (χ3n) is 4.46. The van der Waals surface area contributed by atoms with E-state index in [1.807, 2.05) is 23.7 Å². The van der Waals surface area contributed by atoms with E-state index in [0.29, 0.717) is 35.7 Å². The molecule has 3 aromatic rings. The van der Waals surface area contributed by atoms with Gasteiger partial charge in [-0.25, -0.2) is 4.98 Å². The van der Waals surface area contributed by atoms with E-state index in [0.717, 1.165) is 36.9 Å². The molecule has 1 aliphatic rings. The normalized spacial score (nSPS) is 15.2. The van der Waals surface area contributed by atoms with Crippen LogP contribution in [0.2, 0.25) is 5.02 Å². The number of halogens is 1. The molecule has 146 valence electrons.